The number of ether oxygens (including phenoxy) is 1. The van der Waals surface area contributed by atoms with Crippen molar-refractivity contribution in [1.29, 1.82) is 0 Å². The van der Waals surface area contributed by atoms with E-state index in [1.807, 2.05) is 30.6 Å². The van der Waals surface area contributed by atoms with Gasteiger partial charge in [0.1, 0.15) is 0 Å². The third kappa shape index (κ3) is 3.73. The third-order valence-electron chi connectivity index (χ3n) is 6.82. The van der Waals surface area contributed by atoms with Gasteiger partial charge in [0, 0.05) is 23.3 Å². The molecule has 0 atom stereocenters. The minimum Gasteiger partial charge on any atom is -0.465 e. The van der Waals surface area contributed by atoms with Crippen LogP contribution in [0.3, 0.4) is 0 Å². The molecule has 0 saturated carbocycles. The zero-order valence-corrected chi connectivity index (χ0v) is 19.8. The van der Waals surface area contributed by atoms with Crippen LogP contribution in [0.5, 0.6) is 0 Å². The molecule has 0 N–H and O–H groups in total. The Morgan fingerprint density at radius 3 is 2.38 bits per heavy atom. The van der Waals surface area contributed by atoms with Crippen LogP contribution in [0, 0.1) is 0 Å². The van der Waals surface area contributed by atoms with E-state index < -0.39 is 0 Å². The number of methoxy groups -OCH3 is 1. The molecule has 1 aliphatic rings. The second-order valence-electron chi connectivity index (χ2n) is 9.42. The van der Waals surface area contributed by atoms with Crippen LogP contribution in [0.1, 0.15) is 58.4 Å². The van der Waals surface area contributed by atoms with Gasteiger partial charge in [-0.25, -0.2) is 4.79 Å². The summed E-state index contributed by atoms with van der Waals surface area (Å²) in [5.41, 5.74) is 8.43. The maximum absolute atomic E-state index is 11.8. The summed E-state index contributed by atoms with van der Waals surface area (Å²) < 4.78 is 4.81. The Morgan fingerprint density at radius 1 is 0.912 bits per heavy atom. The Balaban J connectivity index is 1.60. The number of aromatic nitrogens is 1. The number of nitrogens with zero attached hydrogens (tertiary/aromatic N) is 1. The van der Waals surface area contributed by atoms with Crippen molar-refractivity contribution in [3.63, 3.8) is 0 Å². The normalized spacial score (nSPS) is 14.3. The van der Waals surface area contributed by atoms with E-state index in [0.717, 1.165) is 34.1 Å². The number of esters is 1. The number of hydrogen-bond donors (Lipinski definition) is 0. The lowest BCUT2D eigenvalue weighted by atomic mass is 9.71. The first-order chi connectivity index (χ1) is 16.4. The van der Waals surface area contributed by atoms with E-state index in [0.29, 0.717) is 5.56 Å². The van der Waals surface area contributed by atoms with Crippen LogP contribution < -0.4 is 0 Å². The number of allylic oxidation sites excluding steroid dienone is 1. The fourth-order valence-electron chi connectivity index (χ4n) is 4.80. The van der Waals surface area contributed by atoms with Crippen LogP contribution in [-0.4, -0.2) is 18.1 Å². The highest BCUT2D eigenvalue weighted by atomic mass is 16.5. The van der Waals surface area contributed by atoms with Gasteiger partial charge in [0.25, 0.3) is 0 Å². The number of rotatable bonds is 4. The van der Waals surface area contributed by atoms with Gasteiger partial charge in [-0.2, -0.15) is 0 Å². The highest BCUT2D eigenvalue weighted by Crippen LogP contribution is 2.43. The average molecular weight is 446 g/mol. The maximum atomic E-state index is 11.8. The topological polar surface area (TPSA) is 39.2 Å². The Bertz CT molecular complexity index is 1450. The van der Waals surface area contributed by atoms with Gasteiger partial charge in [-0.1, -0.05) is 75.0 Å². The molecule has 0 spiro atoms. The van der Waals surface area contributed by atoms with Crippen LogP contribution in [0.2, 0.25) is 0 Å². The van der Waals surface area contributed by atoms with Gasteiger partial charge in [-0.05, 0) is 68.8 Å². The summed E-state index contributed by atoms with van der Waals surface area (Å²) in [6.45, 7) is 8.96. The zero-order chi connectivity index (χ0) is 23.9. The summed E-state index contributed by atoms with van der Waals surface area (Å²) in [4.78, 5) is 16.3. The van der Waals surface area contributed by atoms with E-state index in [9.17, 15) is 4.79 Å². The summed E-state index contributed by atoms with van der Waals surface area (Å²) in [5.74, 6) is -0.341. The predicted octanol–water partition coefficient (Wildman–Crippen LogP) is 7.20. The second kappa shape index (κ2) is 8.42. The predicted molar refractivity (Wildman–Crippen MR) is 139 cm³/mol. The first-order valence-electron chi connectivity index (χ1n) is 11.5. The fourth-order valence-corrected chi connectivity index (χ4v) is 4.80. The molecule has 0 saturated heterocycles. The molecule has 0 fully saturated rings. The number of benzene rings is 3. The summed E-state index contributed by atoms with van der Waals surface area (Å²) in [6.07, 6.45) is 7.21. The minimum atomic E-state index is -0.341. The molecule has 5 rings (SSSR count). The molecule has 3 nitrogen and oxygen atoms in total. The zero-order valence-electron chi connectivity index (χ0n) is 19.8. The molecule has 4 aromatic rings. The Labute approximate surface area is 200 Å². The molecule has 1 heterocycles. The van der Waals surface area contributed by atoms with E-state index in [1.165, 1.54) is 29.2 Å². The molecule has 0 bridgehead atoms. The van der Waals surface area contributed by atoms with E-state index in [2.05, 4.69) is 67.9 Å². The molecule has 0 aliphatic heterocycles. The Morgan fingerprint density at radius 2 is 1.62 bits per heavy atom. The number of hydrogen-bond acceptors (Lipinski definition) is 3. The van der Waals surface area contributed by atoms with Crippen molar-refractivity contribution in [1.82, 2.24) is 4.98 Å². The number of fused-ring (bicyclic) bond motifs is 2. The van der Waals surface area contributed by atoms with Crippen LogP contribution >= 0.6 is 0 Å². The van der Waals surface area contributed by atoms with E-state index in [1.54, 1.807) is 12.1 Å². The average Bonchev–Trinajstić information content (AvgIpc) is 2.87. The van der Waals surface area contributed by atoms with E-state index in [4.69, 9.17) is 4.74 Å². The SMILES string of the molecule is C=C(c1ccc(C(=O)OC)cc1)c1ccc2c(c1)C(c1cncc3ccccc13)=CCC2(C)C. The maximum Gasteiger partial charge on any atom is 0.337 e. The lowest BCUT2D eigenvalue weighted by molar-refractivity contribution is 0.0600. The fraction of sp³-hybridized carbons (Fsp3) is 0.161. The number of carbonyl (C=O) groups excluding carboxylic acids is 1. The number of pyridine rings is 1. The summed E-state index contributed by atoms with van der Waals surface area (Å²) in [5, 5.41) is 2.34. The molecular formula is C31H27NO2. The first-order valence-corrected chi connectivity index (χ1v) is 11.5. The van der Waals surface area contributed by atoms with E-state index in [-0.39, 0.29) is 11.4 Å². The van der Waals surface area contributed by atoms with Crippen molar-refractivity contribution in [3.8, 4) is 0 Å². The summed E-state index contributed by atoms with van der Waals surface area (Å²) >= 11 is 0. The van der Waals surface area contributed by atoms with Crippen LogP contribution in [0.15, 0.2) is 91.8 Å². The molecule has 1 aliphatic carbocycles. The van der Waals surface area contributed by atoms with Crippen molar-refractivity contribution in [2.45, 2.75) is 25.7 Å². The van der Waals surface area contributed by atoms with Crippen LogP contribution in [0.4, 0.5) is 0 Å². The Hall–Kier alpha value is -3.98. The Kier molecular flexibility index (Phi) is 5.41. The standard InChI is InChI=1S/C31H27NO2/c1-20(21-9-11-22(12-10-21)30(33)34-4)23-13-14-29-27(17-23)26(15-16-31(29,2)3)28-19-32-18-24-7-5-6-8-25(24)28/h5-15,17-19H,1,16H2,2-4H3. The molecule has 0 radical (unpaired) electrons. The number of carbonyl (C=O) groups is 1. The van der Waals surface area contributed by atoms with E-state index >= 15 is 0 Å². The largest absolute Gasteiger partial charge is 0.465 e. The van der Waals surface area contributed by atoms with Gasteiger partial charge in [0.05, 0.1) is 12.7 Å². The van der Waals surface area contributed by atoms with Gasteiger partial charge in [0.15, 0.2) is 0 Å². The highest BCUT2D eigenvalue weighted by Gasteiger charge is 2.29. The molecule has 0 unspecified atom stereocenters. The molecule has 3 aromatic carbocycles. The van der Waals surface area contributed by atoms with Crippen LogP contribution in [-0.2, 0) is 10.2 Å². The molecule has 1 aromatic heterocycles. The minimum absolute atomic E-state index is 0.0405. The van der Waals surface area contributed by atoms with Crippen molar-refractivity contribution in [2.24, 2.45) is 0 Å². The smallest absolute Gasteiger partial charge is 0.337 e. The lowest BCUT2D eigenvalue weighted by Crippen LogP contribution is -2.22. The monoisotopic (exact) mass is 445 g/mol. The molecule has 34 heavy (non-hydrogen) atoms. The van der Waals surface area contributed by atoms with Gasteiger partial charge in [-0.15, -0.1) is 0 Å². The molecule has 0 amide bonds. The quantitative estimate of drug-likeness (QED) is 0.312. The van der Waals surface area contributed by atoms with Gasteiger partial charge < -0.3 is 4.74 Å². The lowest BCUT2D eigenvalue weighted by Gasteiger charge is -2.33. The molecule has 3 heteroatoms. The summed E-state index contributed by atoms with van der Waals surface area (Å²) in [7, 11) is 1.39. The first kappa shape index (κ1) is 21.8. The van der Waals surface area contributed by atoms with Crippen molar-refractivity contribution in [2.75, 3.05) is 7.11 Å². The van der Waals surface area contributed by atoms with Crippen molar-refractivity contribution in [3.05, 3.63) is 125 Å². The highest BCUT2D eigenvalue weighted by molar-refractivity contribution is 5.99. The second-order valence-corrected chi connectivity index (χ2v) is 9.42. The van der Waals surface area contributed by atoms with Crippen LogP contribution in [0.25, 0.3) is 21.9 Å². The molecule has 168 valence electrons. The van der Waals surface area contributed by atoms with Crippen molar-refractivity contribution >= 4 is 27.9 Å². The van der Waals surface area contributed by atoms with Gasteiger partial charge in [0.2, 0.25) is 0 Å². The summed E-state index contributed by atoms with van der Waals surface area (Å²) in [6, 6.07) is 22.4. The molecular weight excluding hydrogens is 418 g/mol. The van der Waals surface area contributed by atoms with Gasteiger partial charge in [-0.3, -0.25) is 4.98 Å². The third-order valence-corrected chi connectivity index (χ3v) is 6.82. The van der Waals surface area contributed by atoms with Crippen molar-refractivity contribution < 1.29 is 9.53 Å². The van der Waals surface area contributed by atoms with Gasteiger partial charge >= 0.3 is 5.97 Å².